The third-order valence-corrected chi connectivity index (χ3v) is 5.08. The van der Waals surface area contributed by atoms with Crippen molar-refractivity contribution in [1.82, 2.24) is 5.32 Å². The van der Waals surface area contributed by atoms with E-state index >= 15 is 0 Å². The van der Waals surface area contributed by atoms with Gasteiger partial charge in [0.15, 0.2) is 0 Å². The molecule has 1 N–H and O–H groups in total. The van der Waals surface area contributed by atoms with Crippen LogP contribution in [-0.4, -0.2) is 11.8 Å². The van der Waals surface area contributed by atoms with Crippen molar-refractivity contribution in [3.8, 4) is 0 Å². The number of carbonyl (C=O) groups is 2. The molecule has 2 aliphatic rings. The molecule has 4 nitrogen and oxygen atoms in total. The molecule has 0 spiro atoms. The van der Waals surface area contributed by atoms with E-state index in [1.54, 1.807) is 6.08 Å². The number of carbonyl (C=O) groups excluding carboxylic acids is 2. The second kappa shape index (κ2) is 6.52. The van der Waals surface area contributed by atoms with Crippen LogP contribution in [0.3, 0.4) is 0 Å². The van der Waals surface area contributed by atoms with Crippen LogP contribution in [0.4, 0.5) is 0 Å². The summed E-state index contributed by atoms with van der Waals surface area (Å²) < 4.78 is 0. The largest absolute Gasteiger partial charge is 0.345 e. The van der Waals surface area contributed by atoms with E-state index in [2.05, 4.69) is 48.4 Å². The van der Waals surface area contributed by atoms with E-state index in [1.807, 2.05) is 18.2 Å². The van der Waals surface area contributed by atoms with Gasteiger partial charge < -0.3 is 5.32 Å². The van der Waals surface area contributed by atoms with Crippen molar-refractivity contribution in [2.45, 2.75) is 38.6 Å². The molecule has 2 amide bonds. The molecule has 26 heavy (non-hydrogen) atoms. The summed E-state index contributed by atoms with van der Waals surface area (Å²) in [6.45, 7) is 4.32. The summed E-state index contributed by atoms with van der Waals surface area (Å²) in [7, 11) is 0. The first kappa shape index (κ1) is 16.7. The van der Waals surface area contributed by atoms with E-state index in [0.717, 1.165) is 29.2 Å². The second-order valence-electron chi connectivity index (χ2n) is 7.42. The molecule has 4 rings (SSSR count). The fourth-order valence-corrected chi connectivity index (χ4v) is 3.35. The van der Waals surface area contributed by atoms with Gasteiger partial charge in [-0.3, -0.25) is 9.59 Å². The Kier molecular flexibility index (Phi) is 4.19. The lowest BCUT2D eigenvalue weighted by molar-refractivity contribution is -0.122. The summed E-state index contributed by atoms with van der Waals surface area (Å²) in [5.74, 6) is 0.407. The number of nitrogens with zero attached hydrogens (tertiary/aromatic N) is 1. The first-order valence-electron chi connectivity index (χ1n) is 9.16. The van der Waals surface area contributed by atoms with Crippen LogP contribution in [0.5, 0.6) is 0 Å². The zero-order chi connectivity index (χ0) is 18.3. The molecule has 0 unspecified atom stereocenters. The predicted molar refractivity (Wildman–Crippen MR) is 99.9 cm³/mol. The van der Waals surface area contributed by atoms with Gasteiger partial charge in [-0.05, 0) is 29.9 Å². The summed E-state index contributed by atoms with van der Waals surface area (Å²) in [4.78, 5) is 28.4. The Hall–Kier alpha value is -2.75. The fourth-order valence-electron chi connectivity index (χ4n) is 3.35. The van der Waals surface area contributed by atoms with Gasteiger partial charge in [-0.1, -0.05) is 56.3 Å². The van der Waals surface area contributed by atoms with Crippen molar-refractivity contribution in [3.63, 3.8) is 0 Å². The topological polar surface area (TPSA) is 58.5 Å². The van der Waals surface area contributed by atoms with Crippen LogP contribution in [0.15, 0.2) is 47.5 Å². The molecule has 0 radical (unpaired) electrons. The van der Waals surface area contributed by atoms with Gasteiger partial charge in [-0.15, -0.1) is 0 Å². The molecule has 1 saturated carbocycles. The Bertz CT molecular complexity index is 986. The van der Waals surface area contributed by atoms with Crippen LogP contribution < -0.4 is 15.9 Å². The van der Waals surface area contributed by atoms with E-state index in [9.17, 15) is 9.59 Å². The summed E-state index contributed by atoms with van der Waals surface area (Å²) in [5, 5.41) is 4.67. The molecule has 132 valence electrons. The smallest absolute Gasteiger partial charge is 0.270 e. The van der Waals surface area contributed by atoms with Crippen molar-refractivity contribution in [2.75, 3.05) is 0 Å². The zero-order valence-corrected chi connectivity index (χ0v) is 15.0. The van der Waals surface area contributed by atoms with Crippen molar-refractivity contribution in [2.24, 2.45) is 10.9 Å². The minimum Gasteiger partial charge on any atom is -0.345 e. The maximum atomic E-state index is 12.5. The molecule has 2 aromatic rings. The zero-order valence-electron chi connectivity index (χ0n) is 15.0. The normalized spacial score (nSPS) is 16.7. The molecular weight excluding hydrogens is 324 g/mol. The number of nitrogens with one attached hydrogen (secondary N) is 1. The lowest BCUT2D eigenvalue weighted by Gasteiger charge is -2.21. The van der Waals surface area contributed by atoms with Crippen LogP contribution in [0.1, 0.15) is 55.3 Å². The van der Waals surface area contributed by atoms with Crippen LogP contribution in [0, 0.1) is 5.92 Å². The number of hydrogen-bond donors (Lipinski definition) is 1. The van der Waals surface area contributed by atoms with Gasteiger partial charge in [0.25, 0.3) is 5.91 Å². The van der Waals surface area contributed by atoms with Crippen LogP contribution in [0.2, 0.25) is 0 Å². The highest BCUT2D eigenvalue weighted by molar-refractivity contribution is 6.06. The van der Waals surface area contributed by atoms with Crippen LogP contribution >= 0.6 is 0 Å². The minimum absolute atomic E-state index is 0.0776. The molecule has 1 aliphatic carbocycles. The van der Waals surface area contributed by atoms with Gasteiger partial charge >= 0.3 is 0 Å². The first-order valence-corrected chi connectivity index (χ1v) is 9.16. The molecule has 0 bridgehead atoms. The maximum absolute atomic E-state index is 12.5. The van der Waals surface area contributed by atoms with Gasteiger partial charge in [0, 0.05) is 22.8 Å². The monoisotopic (exact) mass is 346 g/mol. The Morgan fingerprint density at radius 2 is 1.77 bits per heavy atom. The molecular formula is C22H22N2O2. The summed E-state index contributed by atoms with van der Waals surface area (Å²) >= 11 is 0. The number of fused-ring (bicyclic) bond motifs is 1. The molecule has 1 atom stereocenters. The minimum atomic E-state index is -0.303. The standard InChI is InChI=1S/C22H22N2O2/c1-13(2)14-6-8-15(9-7-14)20(24-22(26)16-10-11-16)18-5-3-4-17-12-19(25)23-21(17)18/h3-9,12-13,16,20H,10-11H2,1-2H3,(H,24,26)/t20-/m1/s1. The van der Waals surface area contributed by atoms with E-state index in [-0.39, 0.29) is 23.8 Å². The Balaban J connectivity index is 1.78. The maximum Gasteiger partial charge on any atom is 0.270 e. The summed E-state index contributed by atoms with van der Waals surface area (Å²) in [5.41, 5.74) is 3.13. The Morgan fingerprint density at radius 1 is 1.08 bits per heavy atom. The third kappa shape index (κ3) is 3.19. The van der Waals surface area contributed by atoms with Gasteiger partial charge in [-0.25, -0.2) is 4.99 Å². The molecule has 0 aromatic heterocycles. The molecule has 4 heteroatoms. The van der Waals surface area contributed by atoms with Gasteiger partial charge in [0.2, 0.25) is 5.91 Å². The fraction of sp³-hybridized carbons (Fsp3) is 0.318. The van der Waals surface area contributed by atoms with E-state index in [4.69, 9.17) is 0 Å². The third-order valence-electron chi connectivity index (χ3n) is 5.08. The highest BCUT2D eigenvalue weighted by Gasteiger charge is 2.32. The predicted octanol–water partition coefficient (Wildman–Crippen LogP) is 2.37. The molecule has 1 heterocycles. The summed E-state index contributed by atoms with van der Waals surface area (Å²) in [6, 6.07) is 13.8. The Morgan fingerprint density at radius 3 is 2.42 bits per heavy atom. The molecule has 0 saturated heterocycles. The number of rotatable bonds is 5. The quantitative estimate of drug-likeness (QED) is 0.904. The van der Waals surface area contributed by atoms with Crippen LogP contribution in [0.25, 0.3) is 6.08 Å². The van der Waals surface area contributed by atoms with E-state index in [1.165, 1.54) is 5.56 Å². The van der Waals surface area contributed by atoms with Crippen LogP contribution in [-0.2, 0) is 9.59 Å². The number of hydrogen-bond acceptors (Lipinski definition) is 2. The lowest BCUT2D eigenvalue weighted by atomic mass is 9.94. The average Bonchev–Trinajstić information content (AvgIpc) is 3.40. The highest BCUT2D eigenvalue weighted by atomic mass is 16.2. The second-order valence-corrected chi connectivity index (χ2v) is 7.42. The van der Waals surface area contributed by atoms with Gasteiger partial charge in [-0.2, -0.15) is 0 Å². The van der Waals surface area contributed by atoms with Crippen molar-refractivity contribution in [1.29, 1.82) is 0 Å². The van der Waals surface area contributed by atoms with Crippen molar-refractivity contribution in [3.05, 3.63) is 69.7 Å². The lowest BCUT2D eigenvalue weighted by Crippen LogP contribution is -2.36. The molecule has 1 fully saturated rings. The highest BCUT2D eigenvalue weighted by Crippen LogP contribution is 2.31. The van der Waals surface area contributed by atoms with Gasteiger partial charge in [0.05, 0.1) is 11.4 Å². The number of benzene rings is 2. The van der Waals surface area contributed by atoms with Crippen molar-refractivity contribution < 1.29 is 9.59 Å². The Labute approximate surface area is 152 Å². The summed E-state index contributed by atoms with van der Waals surface area (Å²) in [6.07, 6.45) is 3.45. The van der Waals surface area contributed by atoms with Crippen molar-refractivity contribution >= 4 is 17.9 Å². The SMILES string of the molecule is CC(C)c1ccc([C@@H](NC(=O)C2CC2)c2cccc3c2=NC(=O)C=3)cc1. The average molecular weight is 346 g/mol. The number of amides is 2. The number of para-hydroxylation sites is 1. The molecule has 1 aliphatic heterocycles. The van der Waals surface area contributed by atoms with E-state index in [0.29, 0.717) is 11.3 Å². The first-order chi connectivity index (χ1) is 12.5. The van der Waals surface area contributed by atoms with Gasteiger partial charge in [0.1, 0.15) is 0 Å². The van der Waals surface area contributed by atoms with E-state index < -0.39 is 0 Å². The molecule has 2 aromatic carbocycles.